The number of benzene rings is 3. The van der Waals surface area contributed by atoms with Gasteiger partial charge < -0.3 is 14.9 Å². The highest BCUT2D eigenvalue weighted by Gasteiger charge is 2.09. The molecular formula is C23H21Cl2N3O4. The fourth-order valence-corrected chi connectivity index (χ4v) is 3.34. The molecule has 0 aliphatic heterocycles. The number of non-ortho nitro benzene ring substituents is 1. The van der Waals surface area contributed by atoms with Crippen molar-refractivity contribution in [1.29, 1.82) is 0 Å². The summed E-state index contributed by atoms with van der Waals surface area (Å²) in [5.41, 5.74) is 5.38. The molecule has 32 heavy (non-hydrogen) atoms. The van der Waals surface area contributed by atoms with E-state index >= 15 is 0 Å². The van der Waals surface area contributed by atoms with Crippen LogP contribution < -0.4 is 14.9 Å². The van der Waals surface area contributed by atoms with Crippen molar-refractivity contribution in [2.24, 2.45) is 5.10 Å². The molecule has 0 radical (unpaired) electrons. The summed E-state index contributed by atoms with van der Waals surface area (Å²) in [7, 11) is 0. The molecule has 0 saturated carbocycles. The molecule has 0 atom stereocenters. The van der Waals surface area contributed by atoms with Crippen molar-refractivity contribution >= 4 is 35.1 Å². The number of nitro benzene ring substituents is 1. The van der Waals surface area contributed by atoms with Gasteiger partial charge >= 0.3 is 0 Å². The summed E-state index contributed by atoms with van der Waals surface area (Å²) in [6, 6.07) is 17.0. The maximum Gasteiger partial charge on any atom is 0.269 e. The lowest BCUT2D eigenvalue weighted by Gasteiger charge is -2.12. The molecule has 0 aromatic heterocycles. The van der Waals surface area contributed by atoms with E-state index in [-0.39, 0.29) is 12.3 Å². The summed E-state index contributed by atoms with van der Waals surface area (Å²) in [6.45, 7) is 3.00. The Morgan fingerprint density at radius 3 is 2.41 bits per heavy atom. The first kappa shape index (κ1) is 23.4. The number of nitro groups is 1. The van der Waals surface area contributed by atoms with Crippen LogP contribution in [0.2, 0.25) is 10.0 Å². The van der Waals surface area contributed by atoms with Crippen molar-refractivity contribution in [3.05, 3.63) is 97.5 Å². The molecule has 7 nitrogen and oxygen atoms in total. The number of hydrazone groups is 1. The third-order valence-corrected chi connectivity index (χ3v) is 5.14. The molecule has 0 bridgehead atoms. The highest BCUT2D eigenvalue weighted by Crippen LogP contribution is 2.29. The van der Waals surface area contributed by atoms with Crippen LogP contribution in [-0.4, -0.2) is 17.7 Å². The first-order valence-electron chi connectivity index (χ1n) is 9.79. The van der Waals surface area contributed by atoms with Gasteiger partial charge in [0.05, 0.1) is 24.3 Å². The maximum absolute atomic E-state index is 10.8. The second-order valence-electron chi connectivity index (χ2n) is 6.64. The van der Waals surface area contributed by atoms with Gasteiger partial charge in [0.15, 0.2) is 11.5 Å². The van der Waals surface area contributed by atoms with Gasteiger partial charge in [-0.1, -0.05) is 29.3 Å². The topological polar surface area (TPSA) is 86.0 Å². The summed E-state index contributed by atoms with van der Waals surface area (Å²) in [5, 5.41) is 16.1. The second-order valence-corrected chi connectivity index (χ2v) is 7.46. The quantitative estimate of drug-likeness (QED) is 0.221. The fourth-order valence-electron chi connectivity index (χ4n) is 2.81. The van der Waals surface area contributed by atoms with Crippen molar-refractivity contribution in [1.82, 2.24) is 5.43 Å². The minimum absolute atomic E-state index is 0.0396. The van der Waals surface area contributed by atoms with E-state index in [4.69, 9.17) is 32.7 Å². The molecule has 0 heterocycles. The van der Waals surface area contributed by atoms with Crippen LogP contribution in [0.1, 0.15) is 23.6 Å². The van der Waals surface area contributed by atoms with Gasteiger partial charge in [0.25, 0.3) is 5.69 Å². The minimum Gasteiger partial charge on any atom is -0.490 e. The number of hydrogen-bond acceptors (Lipinski definition) is 6. The average Bonchev–Trinajstić information content (AvgIpc) is 2.78. The number of nitrogens with zero attached hydrogens (tertiary/aromatic N) is 2. The Bertz CT molecular complexity index is 1080. The van der Waals surface area contributed by atoms with Crippen molar-refractivity contribution in [2.45, 2.75) is 20.1 Å². The predicted molar refractivity (Wildman–Crippen MR) is 126 cm³/mol. The largest absolute Gasteiger partial charge is 0.490 e. The third kappa shape index (κ3) is 6.35. The molecule has 0 amide bonds. The van der Waals surface area contributed by atoms with E-state index < -0.39 is 4.92 Å². The molecule has 9 heteroatoms. The van der Waals surface area contributed by atoms with Crippen LogP contribution in [0.15, 0.2) is 65.8 Å². The number of ether oxygens (including phenoxy) is 2. The Kier molecular flexibility index (Phi) is 8.30. The Balaban J connectivity index is 1.63. The van der Waals surface area contributed by atoms with Crippen LogP contribution in [0.25, 0.3) is 0 Å². The smallest absolute Gasteiger partial charge is 0.269 e. The number of hydrogen-bond donors (Lipinski definition) is 1. The van der Waals surface area contributed by atoms with Crippen LogP contribution in [0.3, 0.4) is 0 Å². The van der Waals surface area contributed by atoms with E-state index in [0.29, 0.717) is 34.7 Å². The average molecular weight is 474 g/mol. The molecule has 0 spiro atoms. The second kappa shape index (κ2) is 11.4. The van der Waals surface area contributed by atoms with Crippen molar-refractivity contribution < 1.29 is 14.4 Å². The zero-order valence-corrected chi connectivity index (χ0v) is 18.8. The fraction of sp³-hybridized carbons (Fsp3) is 0.174. The number of nitrogens with one attached hydrogen (secondary N) is 1. The Labute approximate surface area is 195 Å². The molecule has 3 aromatic carbocycles. The monoisotopic (exact) mass is 473 g/mol. The summed E-state index contributed by atoms with van der Waals surface area (Å²) < 4.78 is 11.5. The van der Waals surface area contributed by atoms with E-state index in [1.54, 1.807) is 42.6 Å². The highest BCUT2D eigenvalue weighted by molar-refractivity contribution is 6.35. The normalized spacial score (nSPS) is 10.8. The highest BCUT2D eigenvalue weighted by atomic mass is 35.5. The molecule has 1 N–H and O–H groups in total. The van der Waals surface area contributed by atoms with Crippen LogP contribution in [0, 0.1) is 10.1 Å². The molecule has 0 unspecified atom stereocenters. The molecule has 3 rings (SSSR count). The maximum atomic E-state index is 10.8. The molecule has 166 valence electrons. The summed E-state index contributed by atoms with van der Waals surface area (Å²) in [4.78, 5) is 10.3. The lowest BCUT2D eigenvalue weighted by molar-refractivity contribution is -0.384. The standard InChI is InChI=1S/C23H21Cl2N3O4/c1-2-31-23-12-17(13-26-27-14-19-20(24)4-3-5-21(19)25)8-11-22(23)32-15-16-6-9-18(10-7-16)28(29)30/h3-13,27H,2,14-15H2,1H3/b26-13-. The SMILES string of the molecule is CCOc1cc(/C=N\NCc2c(Cl)cccc2Cl)ccc1OCc1ccc([N+](=O)[O-])cc1. The third-order valence-electron chi connectivity index (χ3n) is 4.43. The van der Waals surface area contributed by atoms with Gasteiger partial charge in [0.1, 0.15) is 6.61 Å². The van der Waals surface area contributed by atoms with Crippen LogP contribution in [0.5, 0.6) is 11.5 Å². The van der Waals surface area contributed by atoms with Gasteiger partial charge in [-0.3, -0.25) is 10.1 Å². The van der Waals surface area contributed by atoms with Crippen LogP contribution in [-0.2, 0) is 13.2 Å². The van der Waals surface area contributed by atoms with Crippen LogP contribution >= 0.6 is 23.2 Å². The van der Waals surface area contributed by atoms with Gasteiger partial charge in [0, 0.05) is 27.7 Å². The summed E-state index contributed by atoms with van der Waals surface area (Å²) in [6.07, 6.45) is 1.66. The van der Waals surface area contributed by atoms with E-state index in [1.807, 2.05) is 19.1 Å². The molecular weight excluding hydrogens is 453 g/mol. The molecule has 0 fully saturated rings. The lowest BCUT2D eigenvalue weighted by atomic mass is 10.2. The zero-order valence-electron chi connectivity index (χ0n) is 17.3. The minimum atomic E-state index is -0.435. The van der Waals surface area contributed by atoms with Gasteiger partial charge in [-0.2, -0.15) is 5.10 Å². The Morgan fingerprint density at radius 1 is 1.03 bits per heavy atom. The van der Waals surface area contributed by atoms with Crippen LogP contribution in [0.4, 0.5) is 5.69 Å². The first-order valence-corrected chi connectivity index (χ1v) is 10.5. The van der Waals surface area contributed by atoms with E-state index in [9.17, 15) is 10.1 Å². The Morgan fingerprint density at radius 2 is 1.75 bits per heavy atom. The Hall–Kier alpha value is -3.29. The van der Waals surface area contributed by atoms with Crippen molar-refractivity contribution in [3.8, 4) is 11.5 Å². The number of halogens is 2. The molecule has 0 aliphatic carbocycles. The van der Waals surface area contributed by atoms with Crippen molar-refractivity contribution in [2.75, 3.05) is 6.61 Å². The van der Waals surface area contributed by atoms with Gasteiger partial charge in [-0.25, -0.2) is 0 Å². The van der Waals surface area contributed by atoms with Crippen molar-refractivity contribution in [3.63, 3.8) is 0 Å². The molecule has 0 saturated heterocycles. The van der Waals surface area contributed by atoms with E-state index in [1.165, 1.54) is 12.1 Å². The summed E-state index contributed by atoms with van der Waals surface area (Å²) in [5.74, 6) is 1.14. The predicted octanol–water partition coefficient (Wildman–Crippen LogP) is 6.00. The van der Waals surface area contributed by atoms with Gasteiger partial charge in [0.2, 0.25) is 0 Å². The molecule has 0 aliphatic rings. The zero-order chi connectivity index (χ0) is 22.9. The number of rotatable bonds is 10. The lowest BCUT2D eigenvalue weighted by Crippen LogP contribution is -2.07. The summed E-state index contributed by atoms with van der Waals surface area (Å²) >= 11 is 12.3. The molecule has 3 aromatic rings. The van der Waals surface area contributed by atoms with E-state index in [0.717, 1.165) is 16.7 Å². The van der Waals surface area contributed by atoms with Gasteiger partial charge in [-0.05, 0) is 60.5 Å². The van der Waals surface area contributed by atoms with E-state index in [2.05, 4.69) is 10.5 Å². The van der Waals surface area contributed by atoms with Gasteiger partial charge in [-0.15, -0.1) is 0 Å². The first-order chi connectivity index (χ1) is 15.5.